The normalized spacial score (nSPS) is 12.5. The summed E-state index contributed by atoms with van der Waals surface area (Å²) in [5.74, 6) is -0.412. The Bertz CT molecular complexity index is 398. The summed E-state index contributed by atoms with van der Waals surface area (Å²) in [6.45, 7) is 0.458. The lowest BCUT2D eigenvalue weighted by Gasteiger charge is -2.10. The van der Waals surface area contributed by atoms with Crippen LogP contribution < -0.4 is 5.73 Å². The van der Waals surface area contributed by atoms with Gasteiger partial charge in [0.15, 0.2) is 5.78 Å². The van der Waals surface area contributed by atoms with Crippen LogP contribution in [-0.2, 0) is 16.0 Å². The molecule has 2 N–H and O–H groups in total. The van der Waals surface area contributed by atoms with Gasteiger partial charge >= 0.3 is 0 Å². The van der Waals surface area contributed by atoms with Crippen LogP contribution in [0.15, 0.2) is 22.7 Å². The van der Waals surface area contributed by atoms with Gasteiger partial charge in [-0.25, -0.2) is 4.39 Å². The number of carbonyl (C=O) groups excluding carboxylic acids is 1. The maximum Gasteiger partial charge on any atom is 0.153 e. The molecule has 94 valence electrons. The molecule has 0 aliphatic carbocycles. The fraction of sp³-hybridized carbons (Fsp3) is 0.417. The van der Waals surface area contributed by atoms with Crippen molar-refractivity contribution in [2.75, 3.05) is 13.7 Å². The van der Waals surface area contributed by atoms with Gasteiger partial charge in [-0.2, -0.15) is 0 Å². The van der Waals surface area contributed by atoms with Crippen molar-refractivity contribution < 1.29 is 13.9 Å². The largest absolute Gasteiger partial charge is 0.385 e. The van der Waals surface area contributed by atoms with E-state index < -0.39 is 6.04 Å². The summed E-state index contributed by atoms with van der Waals surface area (Å²) in [5, 5.41) is 0. The van der Waals surface area contributed by atoms with E-state index >= 15 is 0 Å². The molecule has 3 nitrogen and oxygen atoms in total. The summed E-state index contributed by atoms with van der Waals surface area (Å²) < 4.78 is 18.2. The van der Waals surface area contributed by atoms with Crippen molar-refractivity contribution in [3.05, 3.63) is 34.1 Å². The first-order chi connectivity index (χ1) is 8.04. The van der Waals surface area contributed by atoms with E-state index in [1.165, 1.54) is 6.07 Å². The zero-order chi connectivity index (χ0) is 12.8. The third-order valence-electron chi connectivity index (χ3n) is 2.41. The highest BCUT2D eigenvalue weighted by Crippen LogP contribution is 2.17. The minimum Gasteiger partial charge on any atom is -0.385 e. The Kier molecular flexibility index (Phi) is 5.74. The molecule has 0 aliphatic heterocycles. The van der Waals surface area contributed by atoms with Crippen LogP contribution in [0, 0.1) is 5.82 Å². The molecule has 0 saturated carbocycles. The molecule has 1 atom stereocenters. The molecule has 0 radical (unpaired) electrons. The first kappa shape index (κ1) is 14.3. The Morgan fingerprint density at radius 2 is 2.29 bits per heavy atom. The predicted octanol–water partition coefficient (Wildman–Crippen LogP) is 2.06. The van der Waals surface area contributed by atoms with Gasteiger partial charge in [0.05, 0.1) is 10.5 Å². The minimum absolute atomic E-state index is 0.0689. The number of hydrogen-bond acceptors (Lipinski definition) is 3. The van der Waals surface area contributed by atoms with Gasteiger partial charge in [-0.3, -0.25) is 4.79 Å². The van der Waals surface area contributed by atoms with Gasteiger partial charge in [0.25, 0.3) is 0 Å². The number of benzene rings is 1. The summed E-state index contributed by atoms with van der Waals surface area (Å²) in [5.41, 5.74) is 6.45. The molecule has 0 aliphatic rings. The number of ketones is 1. The van der Waals surface area contributed by atoms with Gasteiger partial charge in [0.1, 0.15) is 5.82 Å². The summed E-state index contributed by atoms with van der Waals surface area (Å²) in [6.07, 6.45) is 0.710. The molecule has 1 rings (SSSR count). The maximum atomic E-state index is 13.0. The highest BCUT2D eigenvalue weighted by atomic mass is 79.9. The second-order valence-corrected chi connectivity index (χ2v) is 4.63. The topological polar surface area (TPSA) is 52.3 Å². The minimum atomic E-state index is -0.529. The van der Waals surface area contributed by atoms with Crippen LogP contribution in [0.4, 0.5) is 4.39 Å². The van der Waals surface area contributed by atoms with Crippen LogP contribution in [0.5, 0.6) is 0 Å². The lowest BCUT2D eigenvalue weighted by molar-refractivity contribution is -0.120. The van der Waals surface area contributed by atoms with Gasteiger partial charge in [-0.1, -0.05) is 6.07 Å². The van der Waals surface area contributed by atoms with E-state index in [2.05, 4.69) is 15.9 Å². The second-order valence-electron chi connectivity index (χ2n) is 3.78. The molecule has 1 aromatic carbocycles. The quantitative estimate of drug-likeness (QED) is 0.875. The number of Topliss-reactive ketones (excluding diaryl/α,β-unsaturated/α-hetero) is 1. The molecule has 0 aromatic heterocycles. The van der Waals surface area contributed by atoms with Gasteiger partial charge in [-0.15, -0.1) is 0 Å². The number of hydrogen-bond donors (Lipinski definition) is 1. The summed E-state index contributed by atoms with van der Waals surface area (Å²) in [7, 11) is 1.56. The van der Waals surface area contributed by atoms with Crippen LogP contribution in [-0.4, -0.2) is 25.5 Å². The number of halogens is 2. The molecule has 0 saturated heterocycles. The summed E-state index contributed by atoms with van der Waals surface area (Å²) >= 11 is 3.08. The molecule has 0 heterocycles. The molecule has 0 spiro atoms. The smallest absolute Gasteiger partial charge is 0.153 e. The second kappa shape index (κ2) is 6.83. The molecule has 5 heteroatoms. The SMILES string of the molecule is COCCC(N)C(=O)Cc1ccc(F)c(Br)c1. The van der Waals surface area contributed by atoms with Crippen LogP contribution >= 0.6 is 15.9 Å². The van der Waals surface area contributed by atoms with Gasteiger partial charge in [0, 0.05) is 20.1 Å². The fourth-order valence-electron chi connectivity index (χ4n) is 1.39. The molecule has 0 bridgehead atoms. The first-order valence-electron chi connectivity index (χ1n) is 5.25. The third-order valence-corrected chi connectivity index (χ3v) is 3.02. The van der Waals surface area contributed by atoms with Crippen molar-refractivity contribution in [3.63, 3.8) is 0 Å². The number of nitrogens with two attached hydrogens (primary N) is 1. The molecule has 0 fully saturated rings. The highest BCUT2D eigenvalue weighted by molar-refractivity contribution is 9.10. The monoisotopic (exact) mass is 303 g/mol. The zero-order valence-corrected chi connectivity index (χ0v) is 11.2. The molecular weight excluding hydrogens is 289 g/mol. The van der Waals surface area contributed by atoms with E-state index in [0.717, 1.165) is 5.56 Å². The van der Waals surface area contributed by atoms with Crippen LogP contribution in [0.25, 0.3) is 0 Å². The lowest BCUT2D eigenvalue weighted by atomic mass is 10.0. The van der Waals surface area contributed by atoms with Crippen molar-refractivity contribution in [1.82, 2.24) is 0 Å². The molecule has 1 aromatic rings. The van der Waals surface area contributed by atoms with E-state index in [4.69, 9.17) is 10.5 Å². The van der Waals surface area contributed by atoms with Crippen molar-refractivity contribution in [1.29, 1.82) is 0 Å². The third kappa shape index (κ3) is 4.53. The molecule has 17 heavy (non-hydrogen) atoms. The van der Waals surface area contributed by atoms with Crippen molar-refractivity contribution in [2.45, 2.75) is 18.9 Å². The van der Waals surface area contributed by atoms with Crippen molar-refractivity contribution in [2.24, 2.45) is 5.73 Å². The Morgan fingerprint density at radius 1 is 1.59 bits per heavy atom. The Balaban J connectivity index is 2.58. The van der Waals surface area contributed by atoms with Crippen LogP contribution in [0.3, 0.4) is 0 Å². The standard InChI is InChI=1S/C12H15BrFNO2/c1-17-5-4-11(15)12(16)7-8-2-3-10(14)9(13)6-8/h2-3,6,11H,4-5,7,15H2,1H3. The van der Waals surface area contributed by atoms with Crippen molar-refractivity contribution in [3.8, 4) is 0 Å². The Labute approximate surface area is 108 Å². The Morgan fingerprint density at radius 3 is 2.88 bits per heavy atom. The summed E-state index contributed by atoms with van der Waals surface area (Å²) in [4.78, 5) is 11.7. The fourth-order valence-corrected chi connectivity index (χ4v) is 1.81. The Hall–Kier alpha value is -0.780. The number of methoxy groups -OCH3 is 1. The van der Waals surface area contributed by atoms with E-state index in [9.17, 15) is 9.18 Å². The van der Waals surface area contributed by atoms with Crippen molar-refractivity contribution >= 4 is 21.7 Å². The average Bonchev–Trinajstić information content (AvgIpc) is 2.30. The van der Waals surface area contributed by atoms with Crippen LogP contribution in [0.1, 0.15) is 12.0 Å². The van der Waals surface area contributed by atoms with Gasteiger partial charge < -0.3 is 10.5 Å². The zero-order valence-electron chi connectivity index (χ0n) is 9.58. The first-order valence-corrected chi connectivity index (χ1v) is 6.05. The molecule has 0 amide bonds. The van der Waals surface area contributed by atoms with Gasteiger partial charge in [-0.05, 0) is 40.0 Å². The maximum absolute atomic E-state index is 13.0. The van der Waals surface area contributed by atoms with Gasteiger partial charge in [0.2, 0.25) is 0 Å². The van der Waals surface area contributed by atoms with E-state index in [1.54, 1.807) is 19.2 Å². The molecule has 1 unspecified atom stereocenters. The highest BCUT2D eigenvalue weighted by Gasteiger charge is 2.14. The van der Waals surface area contributed by atoms with E-state index in [1.807, 2.05) is 0 Å². The van der Waals surface area contributed by atoms with E-state index in [0.29, 0.717) is 17.5 Å². The number of rotatable bonds is 6. The lowest BCUT2D eigenvalue weighted by Crippen LogP contribution is -2.32. The number of ether oxygens (including phenoxy) is 1. The molecular formula is C12H15BrFNO2. The van der Waals surface area contributed by atoms with Crippen LogP contribution in [0.2, 0.25) is 0 Å². The predicted molar refractivity (Wildman–Crippen MR) is 67.3 cm³/mol. The summed E-state index contributed by atoms with van der Waals surface area (Å²) in [6, 6.07) is 3.98. The number of carbonyl (C=O) groups is 1. The average molecular weight is 304 g/mol. The van der Waals surface area contributed by atoms with E-state index in [-0.39, 0.29) is 18.0 Å².